The summed E-state index contributed by atoms with van der Waals surface area (Å²) < 4.78 is 3.30. The Bertz CT molecular complexity index is 534. The molecule has 1 aromatic heterocycles. The van der Waals surface area contributed by atoms with Crippen molar-refractivity contribution in [1.29, 1.82) is 0 Å². The van der Waals surface area contributed by atoms with Crippen LogP contribution in [0.25, 0.3) is 17.0 Å². The van der Waals surface area contributed by atoms with Gasteiger partial charge in [0.05, 0.1) is 5.52 Å². The first-order valence-electron chi connectivity index (χ1n) is 4.89. The number of rotatable bonds is 0. The molecular formula is C12H10N2S. The zero-order valence-electron chi connectivity index (χ0n) is 8.10. The SMILES string of the molecule is C1=Cc2ccc3ncccc3c2SNC1. The summed E-state index contributed by atoms with van der Waals surface area (Å²) in [7, 11) is 0. The van der Waals surface area contributed by atoms with E-state index in [4.69, 9.17) is 0 Å². The molecule has 2 nitrogen and oxygen atoms in total. The highest BCUT2D eigenvalue weighted by molar-refractivity contribution is 7.97. The van der Waals surface area contributed by atoms with Crippen molar-refractivity contribution in [3.8, 4) is 0 Å². The second-order valence-corrected chi connectivity index (χ2v) is 4.31. The van der Waals surface area contributed by atoms with Crippen LogP contribution >= 0.6 is 11.9 Å². The van der Waals surface area contributed by atoms with Gasteiger partial charge in [0.2, 0.25) is 0 Å². The highest BCUT2D eigenvalue weighted by atomic mass is 32.2. The minimum absolute atomic E-state index is 0.904. The monoisotopic (exact) mass is 214 g/mol. The van der Waals surface area contributed by atoms with Gasteiger partial charge in [-0.15, -0.1) is 0 Å². The Morgan fingerprint density at radius 1 is 1.27 bits per heavy atom. The van der Waals surface area contributed by atoms with Crippen LogP contribution in [-0.2, 0) is 0 Å². The third kappa shape index (κ3) is 1.54. The highest BCUT2D eigenvalue weighted by Gasteiger charge is 2.08. The summed E-state index contributed by atoms with van der Waals surface area (Å²) in [5.41, 5.74) is 2.33. The van der Waals surface area contributed by atoms with Crippen molar-refractivity contribution in [3.05, 3.63) is 42.1 Å². The number of nitrogens with zero attached hydrogens (tertiary/aromatic N) is 1. The van der Waals surface area contributed by atoms with E-state index in [1.807, 2.05) is 12.3 Å². The molecule has 15 heavy (non-hydrogen) atoms. The van der Waals surface area contributed by atoms with Crippen molar-refractivity contribution >= 4 is 28.9 Å². The minimum Gasteiger partial charge on any atom is -0.256 e. The number of aromatic nitrogens is 1. The quantitative estimate of drug-likeness (QED) is 0.683. The number of hydrogen-bond acceptors (Lipinski definition) is 3. The van der Waals surface area contributed by atoms with Crippen molar-refractivity contribution in [2.24, 2.45) is 0 Å². The van der Waals surface area contributed by atoms with Crippen molar-refractivity contribution in [2.75, 3.05) is 6.54 Å². The molecule has 1 aliphatic heterocycles. The van der Waals surface area contributed by atoms with Gasteiger partial charge in [-0.25, -0.2) is 0 Å². The number of benzene rings is 1. The van der Waals surface area contributed by atoms with E-state index in [2.05, 4.69) is 40.1 Å². The van der Waals surface area contributed by atoms with Crippen LogP contribution in [0.3, 0.4) is 0 Å². The maximum atomic E-state index is 4.35. The lowest BCUT2D eigenvalue weighted by Crippen LogP contribution is -2.00. The Kier molecular flexibility index (Phi) is 2.19. The van der Waals surface area contributed by atoms with E-state index in [0.29, 0.717) is 0 Å². The Hall–Kier alpha value is -1.32. The van der Waals surface area contributed by atoms with Crippen molar-refractivity contribution in [1.82, 2.24) is 9.71 Å². The van der Waals surface area contributed by atoms with Crippen LogP contribution in [0, 0.1) is 0 Å². The lowest BCUT2D eigenvalue weighted by Gasteiger charge is -2.07. The van der Waals surface area contributed by atoms with Gasteiger partial charge in [-0.2, -0.15) is 0 Å². The molecule has 2 heterocycles. The molecule has 0 bridgehead atoms. The fourth-order valence-electron chi connectivity index (χ4n) is 1.74. The molecule has 3 rings (SSSR count). The van der Waals surface area contributed by atoms with Gasteiger partial charge in [-0.1, -0.05) is 24.3 Å². The van der Waals surface area contributed by atoms with Crippen LogP contribution in [0.15, 0.2) is 41.4 Å². The molecule has 0 radical (unpaired) electrons. The van der Waals surface area contributed by atoms with Gasteiger partial charge in [0.1, 0.15) is 0 Å². The average Bonchev–Trinajstić information content (AvgIpc) is 2.54. The van der Waals surface area contributed by atoms with Crippen molar-refractivity contribution in [2.45, 2.75) is 4.90 Å². The lowest BCUT2D eigenvalue weighted by atomic mass is 10.1. The molecule has 0 amide bonds. The number of hydrogen-bond donors (Lipinski definition) is 1. The van der Waals surface area contributed by atoms with Gasteiger partial charge >= 0.3 is 0 Å². The van der Waals surface area contributed by atoms with Gasteiger partial charge in [-0.3, -0.25) is 9.71 Å². The van der Waals surface area contributed by atoms with E-state index in [-0.39, 0.29) is 0 Å². The van der Waals surface area contributed by atoms with Gasteiger partial charge in [-0.05, 0) is 29.6 Å². The molecule has 74 valence electrons. The zero-order valence-corrected chi connectivity index (χ0v) is 8.92. The van der Waals surface area contributed by atoms with Gasteiger partial charge in [0.25, 0.3) is 0 Å². The standard InChI is InChI=1S/C12H10N2S/c1-3-9-5-6-11-10(4-2-7-13-11)12(9)15-14-8-1/h1-7,14H,8H2. The molecule has 0 spiro atoms. The topological polar surface area (TPSA) is 24.9 Å². The number of pyridine rings is 1. The van der Waals surface area contributed by atoms with Crippen LogP contribution in [0.5, 0.6) is 0 Å². The van der Waals surface area contributed by atoms with Crippen LogP contribution in [0.2, 0.25) is 0 Å². The fraction of sp³-hybridized carbons (Fsp3) is 0.0833. The molecule has 3 heteroatoms. The van der Waals surface area contributed by atoms with Crippen LogP contribution in [0.4, 0.5) is 0 Å². The van der Waals surface area contributed by atoms with Crippen molar-refractivity contribution in [3.63, 3.8) is 0 Å². The largest absolute Gasteiger partial charge is 0.256 e. The van der Waals surface area contributed by atoms with Gasteiger partial charge in [0, 0.05) is 23.0 Å². The summed E-state index contributed by atoms with van der Waals surface area (Å²) >= 11 is 1.69. The zero-order chi connectivity index (χ0) is 10.1. The summed E-state index contributed by atoms with van der Waals surface area (Å²) in [5, 5.41) is 1.22. The van der Waals surface area contributed by atoms with Crippen molar-refractivity contribution < 1.29 is 0 Å². The molecule has 0 atom stereocenters. The fourth-order valence-corrected chi connectivity index (χ4v) is 2.60. The summed E-state index contributed by atoms with van der Waals surface area (Å²) in [6.07, 6.45) is 6.13. The molecule has 2 aromatic rings. The number of nitrogens with one attached hydrogen (secondary N) is 1. The molecule has 0 fully saturated rings. The second kappa shape index (κ2) is 3.68. The molecule has 0 saturated heterocycles. The van der Waals surface area contributed by atoms with Gasteiger partial charge < -0.3 is 0 Å². The van der Waals surface area contributed by atoms with Crippen LogP contribution in [0.1, 0.15) is 5.56 Å². The molecule has 0 saturated carbocycles. The molecule has 0 unspecified atom stereocenters. The lowest BCUT2D eigenvalue weighted by molar-refractivity contribution is 1.14. The first-order chi connectivity index (χ1) is 7.45. The van der Waals surface area contributed by atoms with E-state index in [0.717, 1.165) is 12.1 Å². The third-order valence-electron chi connectivity index (χ3n) is 2.44. The predicted molar refractivity (Wildman–Crippen MR) is 64.6 cm³/mol. The normalized spacial score (nSPS) is 14.9. The molecule has 1 aromatic carbocycles. The Morgan fingerprint density at radius 3 is 3.27 bits per heavy atom. The van der Waals surface area contributed by atoms with E-state index in [9.17, 15) is 0 Å². The Morgan fingerprint density at radius 2 is 2.27 bits per heavy atom. The first-order valence-corrected chi connectivity index (χ1v) is 5.71. The third-order valence-corrected chi connectivity index (χ3v) is 3.41. The summed E-state index contributed by atoms with van der Waals surface area (Å²) in [6, 6.07) is 8.30. The summed E-state index contributed by atoms with van der Waals surface area (Å²) in [4.78, 5) is 5.63. The van der Waals surface area contributed by atoms with E-state index in [1.54, 1.807) is 11.9 Å². The average molecular weight is 214 g/mol. The second-order valence-electron chi connectivity index (χ2n) is 3.41. The smallest absolute Gasteiger partial charge is 0.0714 e. The van der Waals surface area contributed by atoms with E-state index in [1.165, 1.54) is 15.8 Å². The van der Waals surface area contributed by atoms with Gasteiger partial charge in [0.15, 0.2) is 0 Å². The molecule has 1 aliphatic rings. The predicted octanol–water partition coefficient (Wildman–Crippen LogP) is 2.86. The molecular weight excluding hydrogens is 204 g/mol. The maximum Gasteiger partial charge on any atom is 0.0714 e. The summed E-state index contributed by atoms with van der Waals surface area (Å²) in [6.45, 7) is 0.904. The Balaban J connectivity index is 2.33. The highest BCUT2D eigenvalue weighted by Crippen LogP contribution is 2.30. The van der Waals surface area contributed by atoms with Crippen LogP contribution in [-0.4, -0.2) is 11.5 Å². The van der Waals surface area contributed by atoms with Crippen LogP contribution < -0.4 is 4.72 Å². The molecule has 1 N–H and O–H groups in total. The van der Waals surface area contributed by atoms with E-state index >= 15 is 0 Å². The minimum atomic E-state index is 0.904. The first kappa shape index (κ1) is 8.95. The Labute approximate surface area is 92.5 Å². The number of fused-ring (bicyclic) bond motifs is 3. The molecule has 0 aliphatic carbocycles. The van der Waals surface area contributed by atoms with E-state index < -0.39 is 0 Å². The summed E-state index contributed by atoms with van der Waals surface area (Å²) in [5.74, 6) is 0. The maximum absolute atomic E-state index is 4.35.